The second-order valence-corrected chi connectivity index (χ2v) is 5.48. The topological polar surface area (TPSA) is 29.9 Å². The molecule has 2 aromatic rings. The number of hydrogen-bond acceptors (Lipinski definition) is 2. The molecule has 1 saturated carbocycles. The third kappa shape index (κ3) is 2.71. The third-order valence-electron chi connectivity index (χ3n) is 3.93. The lowest BCUT2D eigenvalue weighted by molar-refractivity contribution is 0.545. The van der Waals surface area contributed by atoms with Crippen LogP contribution in [0.4, 0.5) is 0 Å². The smallest absolute Gasteiger partial charge is 0.0951 e. The summed E-state index contributed by atoms with van der Waals surface area (Å²) in [5, 5.41) is 3.60. The van der Waals surface area contributed by atoms with Gasteiger partial charge < -0.3 is 9.88 Å². The Hall–Kier alpha value is -1.61. The van der Waals surface area contributed by atoms with Gasteiger partial charge in [0.2, 0.25) is 0 Å². The van der Waals surface area contributed by atoms with Gasteiger partial charge in [-0.1, -0.05) is 24.3 Å². The van der Waals surface area contributed by atoms with Crippen LogP contribution in [0.25, 0.3) is 0 Å². The monoisotopic (exact) mass is 255 g/mol. The van der Waals surface area contributed by atoms with E-state index in [0.29, 0.717) is 12.1 Å². The standard InChI is InChI=1S/C16H21N3/c1-12-5-3-4-6-16(12)13(2)18-10-15-9-17-11-19(15)14-7-8-14/h3-6,9,11,13-14,18H,7-8,10H2,1-2H3/t13-/m0/s1. The van der Waals surface area contributed by atoms with E-state index < -0.39 is 0 Å². The van der Waals surface area contributed by atoms with Crippen molar-refractivity contribution in [3.05, 3.63) is 53.6 Å². The molecule has 1 heterocycles. The van der Waals surface area contributed by atoms with Crippen molar-refractivity contribution in [1.29, 1.82) is 0 Å². The van der Waals surface area contributed by atoms with Gasteiger partial charge in [0.1, 0.15) is 0 Å². The van der Waals surface area contributed by atoms with Gasteiger partial charge in [-0.3, -0.25) is 0 Å². The zero-order chi connectivity index (χ0) is 13.2. The van der Waals surface area contributed by atoms with Crippen LogP contribution in [0, 0.1) is 6.92 Å². The molecule has 0 aliphatic heterocycles. The van der Waals surface area contributed by atoms with Crippen molar-refractivity contribution in [2.45, 2.75) is 45.3 Å². The van der Waals surface area contributed by atoms with Crippen LogP contribution < -0.4 is 5.32 Å². The van der Waals surface area contributed by atoms with Crippen LogP contribution in [-0.2, 0) is 6.54 Å². The molecule has 3 rings (SSSR count). The Labute approximate surface area is 114 Å². The van der Waals surface area contributed by atoms with E-state index in [1.807, 2.05) is 12.5 Å². The van der Waals surface area contributed by atoms with Crippen LogP contribution in [-0.4, -0.2) is 9.55 Å². The summed E-state index contributed by atoms with van der Waals surface area (Å²) in [5.41, 5.74) is 4.01. The van der Waals surface area contributed by atoms with Crippen LogP contribution in [0.5, 0.6) is 0 Å². The molecule has 3 heteroatoms. The molecule has 3 nitrogen and oxygen atoms in total. The van der Waals surface area contributed by atoms with E-state index in [-0.39, 0.29) is 0 Å². The van der Waals surface area contributed by atoms with Gasteiger partial charge in [-0.2, -0.15) is 0 Å². The van der Waals surface area contributed by atoms with Crippen molar-refractivity contribution in [3.63, 3.8) is 0 Å². The molecule has 1 atom stereocenters. The fraction of sp³-hybridized carbons (Fsp3) is 0.438. The van der Waals surface area contributed by atoms with Gasteiger partial charge >= 0.3 is 0 Å². The second kappa shape index (κ2) is 5.17. The first-order valence-corrected chi connectivity index (χ1v) is 7.05. The Balaban J connectivity index is 1.65. The quantitative estimate of drug-likeness (QED) is 0.887. The highest BCUT2D eigenvalue weighted by molar-refractivity contribution is 5.28. The lowest BCUT2D eigenvalue weighted by Gasteiger charge is -2.17. The third-order valence-corrected chi connectivity index (χ3v) is 3.93. The normalized spacial score (nSPS) is 16.5. The number of benzene rings is 1. The highest BCUT2D eigenvalue weighted by Gasteiger charge is 2.25. The minimum atomic E-state index is 0.365. The summed E-state index contributed by atoms with van der Waals surface area (Å²) in [7, 11) is 0. The number of aryl methyl sites for hydroxylation is 1. The first kappa shape index (κ1) is 12.4. The lowest BCUT2D eigenvalue weighted by Crippen LogP contribution is -2.20. The van der Waals surface area contributed by atoms with Crippen LogP contribution in [0.15, 0.2) is 36.8 Å². The predicted octanol–water partition coefficient (Wildman–Crippen LogP) is 3.38. The maximum absolute atomic E-state index is 4.27. The number of nitrogens with one attached hydrogen (secondary N) is 1. The van der Waals surface area contributed by atoms with Crippen molar-refractivity contribution in [2.75, 3.05) is 0 Å². The molecule has 1 aliphatic rings. The van der Waals surface area contributed by atoms with Gasteiger partial charge in [-0.25, -0.2) is 4.98 Å². The van der Waals surface area contributed by atoms with Crippen LogP contribution in [0.3, 0.4) is 0 Å². The van der Waals surface area contributed by atoms with Gasteiger partial charge in [0, 0.05) is 24.8 Å². The number of aromatic nitrogens is 2. The Bertz CT molecular complexity index is 555. The van der Waals surface area contributed by atoms with Gasteiger partial charge in [-0.05, 0) is 37.8 Å². The number of imidazole rings is 1. The molecule has 100 valence electrons. The van der Waals surface area contributed by atoms with E-state index >= 15 is 0 Å². The minimum Gasteiger partial charge on any atom is -0.330 e. The molecule has 1 fully saturated rings. The molecule has 0 amide bonds. The summed E-state index contributed by atoms with van der Waals surface area (Å²) in [6.07, 6.45) is 6.55. The van der Waals surface area contributed by atoms with Gasteiger partial charge in [0.05, 0.1) is 12.0 Å². The van der Waals surface area contributed by atoms with E-state index in [4.69, 9.17) is 0 Å². The SMILES string of the molecule is Cc1ccccc1[C@H](C)NCc1cncn1C1CC1. The fourth-order valence-corrected chi connectivity index (χ4v) is 2.59. The minimum absolute atomic E-state index is 0.365. The molecule has 0 saturated heterocycles. The molecule has 1 aliphatic carbocycles. The summed E-state index contributed by atoms with van der Waals surface area (Å²) < 4.78 is 2.32. The van der Waals surface area contributed by atoms with Crippen LogP contribution in [0.1, 0.15) is 48.7 Å². The Morgan fingerprint density at radius 2 is 2.16 bits per heavy atom. The van der Waals surface area contributed by atoms with Crippen molar-refractivity contribution < 1.29 is 0 Å². The maximum atomic E-state index is 4.27. The van der Waals surface area contributed by atoms with Gasteiger partial charge in [0.15, 0.2) is 0 Å². The van der Waals surface area contributed by atoms with Crippen LogP contribution in [0.2, 0.25) is 0 Å². The lowest BCUT2D eigenvalue weighted by atomic mass is 10.0. The first-order chi connectivity index (χ1) is 9.25. The summed E-state index contributed by atoms with van der Waals surface area (Å²) in [6.45, 7) is 5.27. The molecule has 0 spiro atoms. The number of hydrogen-bond donors (Lipinski definition) is 1. The molecular formula is C16H21N3. The van der Waals surface area contributed by atoms with Crippen LogP contribution >= 0.6 is 0 Å². The molecule has 0 radical (unpaired) electrons. The summed E-state index contributed by atoms with van der Waals surface area (Å²) in [6, 6.07) is 9.63. The maximum Gasteiger partial charge on any atom is 0.0951 e. The summed E-state index contributed by atoms with van der Waals surface area (Å²) in [5.74, 6) is 0. The van der Waals surface area contributed by atoms with Gasteiger partial charge in [-0.15, -0.1) is 0 Å². The number of rotatable bonds is 5. The Kier molecular flexibility index (Phi) is 3.38. The second-order valence-electron chi connectivity index (χ2n) is 5.48. The highest BCUT2D eigenvalue weighted by atomic mass is 15.1. The zero-order valence-corrected chi connectivity index (χ0v) is 11.6. The average Bonchev–Trinajstić information content (AvgIpc) is 3.15. The summed E-state index contributed by atoms with van der Waals surface area (Å²) >= 11 is 0. The predicted molar refractivity (Wildman–Crippen MR) is 76.9 cm³/mol. The molecule has 0 unspecified atom stereocenters. The molecule has 0 bridgehead atoms. The largest absolute Gasteiger partial charge is 0.330 e. The van der Waals surface area contributed by atoms with E-state index in [1.54, 1.807) is 0 Å². The van der Waals surface area contributed by atoms with E-state index in [2.05, 4.69) is 53.0 Å². The Morgan fingerprint density at radius 3 is 2.89 bits per heavy atom. The molecular weight excluding hydrogens is 234 g/mol. The van der Waals surface area contributed by atoms with Crippen molar-refractivity contribution in [3.8, 4) is 0 Å². The highest BCUT2D eigenvalue weighted by Crippen LogP contribution is 2.35. The molecule has 1 aromatic heterocycles. The molecule has 1 aromatic carbocycles. The van der Waals surface area contributed by atoms with Crippen molar-refractivity contribution >= 4 is 0 Å². The van der Waals surface area contributed by atoms with E-state index in [1.165, 1.54) is 29.7 Å². The molecule has 19 heavy (non-hydrogen) atoms. The number of nitrogens with zero attached hydrogens (tertiary/aromatic N) is 2. The average molecular weight is 255 g/mol. The first-order valence-electron chi connectivity index (χ1n) is 7.05. The summed E-state index contributed by atoms with van der Waals surface area (Å²) in [4.78, 5) is 4.27. The van der Waals surface area contributed by atoms with E-state index in [9.17, 15) is 0 Å². The Morgan fingerprint density at radius 1 is 1.37 bits per heavy atom. The zero-order valence-electron chi connectivity index (χ0n) is 11.6. The molecule has 1 N–H and O–H groups in total. The van der Waals surface area contributed by atoms with E-state index in [0.717, 1.165) is 6.54 Å². The van der Waals surface area contributed by atoms with Crippen molar-refractivity contribution in [2.24, 2.45) is 0 Å². The fourth-order valence-electron chi connectivity index (χ4n) is 2.59. The van der Waals surface area contributed by atoms with Gasteiger partial charge in [0.25, 0.3) is 0 Å². The van der Waals surface area contributed by atoms with Crippen molar-refractivity contribution in [1.82, 2.24) is 14.9 Å².